The molecular formula is C27H29F3N4O3S. The highest BCUT2D eigenvalue weighted by Gasteiger charge is 2.36. The molecule has 1 atom stereocenters. The van der Waals surface area contributed by atoms with Gasteiger partial charge in [-0.15, -0.1) is 0 Å². The van der Waals surface area contributed by atoms with Crippen molar-refractivity contribution in [3.8, 4) is 0 Å². The van der Waals surface area contributed by atoms with E-state index in [9.17, 15) is 26.4 Å². The van der Waals surface area contributed by atoms with Crippen molar-refractivity contribution in [2.24, 2.45) is 0 Å². The quantitative estimate of drug-likeness (QED) is 0.416. The zero-order chi connectivity index (χ0) is 28.0. The summed E-state index contributed by atoms with van der Waals surface area (Å²) in [5.74, 6) is -0.338. The number of benzene rings is 2. The van der Waals surface area contributed by atoms with Crippen LogP contribution >= 0.6 is 0 Å². The van der Waals surface area contributed by atoms with Crippen LogP contribution in [0.4, 0.5) is 30.4 Å². The van der Waals surface area contributed by atoms with Crippen molar-refractivity contribution < 1.29 is 26.4 Å². The van der Waals surface area contributed by atoms with Crippen LogP contribution in [0.15, 0.2) is 59.5 Å². The molecule has 1 aliphatic rings. The topological polar surface area (TPSA) is 91.4 Å². The van der Waals surface area contributed by atoms with E-state index in [2.05, 4.69) is 15.6 Å². The predicted octanol–water partition coefficient (Wildman–Crippen LogP) is 6.05. The highest BCUT2D eigenvalue weighted by molar-refractivity contribution is 7.92. The Morgan fingerprint density at radius 3 is 2.29 bits per heavy atom. The minimum Gasteiger partial charge on any atom is -0.350 e. The fraction of sp³-hybridized carbons (Fsp3) is 0.333. The molecule has 0 radical (unpaired) electrons. The lowest BCUT2D eigenvalue weighted by molar-refractivity contribution is -0.141. The number of halogens is 3. The number of anilines is 3. The first kappa shape index (κ1) is 27.4. The summed E-state index contributed by atoms with van der Waals surface area (Å²) in [5, 5.41) is 5.66. The van der Waals surface area contributed by atoms with Crippen molar-refractivity contribution in [1.82, 2.24) is 10.3 Å². The molecule has 38 heavy (non-hydrogen) atoms. The highest BCUT2D eigenvalue weighted by atomic mass is 32.2. The Balaban J connectivity index is 1.87. The Morgan fingerprint density at radius 2 is 1.71 bits per heavy atom. The molecule has 0 aliphatic carbocycles. The number of alkyl halides is 3. The number of pyridine rings is 1. The van der Waals surface area contributed by atoms with Gasteiger partial charge in [0.15, 0.2) is 0 Å². The van der Waals surface area contributed by atoms with Crippen LogP contribution in [0.1, 0.15) is 63.0 Å². The smallest absolute Gasteiger partial charge is 0.350 e. The Hall–Kier alpha value is -3.60. The van der Waals surface area contributed by atoms with Crippen molar-refractivity contribution in [1.29, 1.82) is 0 Å². The summed E-state index contributed by atoms with van der Waals surface area (Å²) in [7, 11) is -4.15. The summed E-state index contributed by atoms with van der Waals surface area (Å²) in [6, 6.07) is 13.1. The standard InChI is InChI=1S/C27H29F3N4O3S/c1-16(31-17(2)35)18-6-12-22-23(14-18)34(15-19-7-13-24(27(28,29)30)33-25(19)32-22)38(36,37)21-10-8-20(9-11-21)26(3,4)5/h6-14,16H,15H2,1-5H3,(H,31,35)(H,32,33). The van der Waals surface area contributed by atoms with E-state index in [1.165, 1.54) is 25.1 Å². The summed E-state index contributed by atoms with van der Waals surface area (Å²) in [4.78, 5) is 15.4. The van der Waals surface area contributed by atoms with Crippen LogP contribution in [-0.2, 0) is 33.0 Å². The molecule has 7 nitrogen and oxygen atoms in total. The minimum atomic E-state index is -4.66. The second-order valence-corrected chi connectivity index (χ2v) is 12.2. The maximum atomic E-state index is 14.0. The zero-order valence-corrected chi connectivity index (χ0v) is 22.5. The summed E-state index contributed by atoms with van der Waals surface area (Å²) in [6.45, 7) is 8.93. The number of sulfonamides is 1. The van der Waals surface area contributed by atoms with Crippen molar-refractivity contribution >= 4 is 33.1 Å². The van der Waals surface area contributed by atoms with Crippen LogP contribution in [0.5, 0.6) is 0 Å². The van der Waals surface area contributed by atoms with Gasteiger partial charge in [0, 0.05) is 12.5 Å². The molecule has 1 unspecified atom stereocenters. The van der Waals surface area contributed by atoms with Gasteiger partial charge in [0.1, 0.15) is 11.5 Å². The predicted molar refractivity (Wildman–Crippen MR) is 140 cm³/mol. The second-order valence-electron chi connectivity index (χ2n) is 10.3. The van der Waals surface area contributed by atoms with Gasteiger partial charge in [-0.3, -0.25) is 9.10 Å². The van der Waals surface area contributed by atoms with Crippen molar-refractivity contribution in [3.05, 3.63) is 77.0 Å². The number of aromatic nitrogens is 1. The molecule has 11 heteroatoms. The molecule has 2 heterocycles. The molecule has 0 spiro atoms. The van der Waals surface area contributed by atoms with E-state index in [1.54, 1.807) is 37.3 Å². The maximum absolute atomic E-state index is 14.0. The Bertz CT molecular complexity index is 1480. The minimum absolute atomic E-state index is 0.0417. The number of amides is 1. The monoisotopic (exact) mass is 546 g/mol. The molecule has 1 aromatic heterocycles. The molecule has 2 aromatic carbocycles. The van der Waals surface area contributed by atoms with E-state index in [4.69, 9.17) is 0 Å². The number of rotatable bonds is 4. The molecule has 0 saturated carbocycles. The molecule has 0 bridgehead atoms. The average Bonchev–Trinajstić information content (AvgIpc) is 2.98. The number of hydrogen-bond acceptors (Lipinski definition) is 5. The number of nitrogens with zero attached hydrogens (tertiary/aromatic N) is 2. The number of carbonyl (C=O) groups excluding carboxylic acids is 1. The summed E-state index contributed by atoms with van der Waals surface area (Å²) < 4.78 is 69.3. The van der Waals surface area contributed by atoms with Crippen LogP contribution in [0.25, 0.3) is 0 Å². The lowest BCUT2D eigenvalue weighted by Gasteiger charge is -2.26. The van der Waals surface area contributed by atoms with Gasteiger partial charge in [0.05, 0.1) is 28.9 Å². The molecular weight excluding hydrogens is 517 g/mol. The third kappa shape index (κ3) is 5.47. The van der Waals surface area contributed by atoms with Crippen LogP contribution in [0.2, 0.25) is 0 Å². The molecule has 202 valence electrons. The Morgan fingerprint density at radius 1 is 1.05 bits per heavy atom. The van der Waals surface area contributed by atoms with Crippen LogP contribution < -0.4 is 14.9 Å². The maximum Gasteiger partial charge on any atom is 0.433 e. The van der Waals surface area contributed by atoms with Crippen molar-refractivity contribution in [3.63, 3.8) is 0 Å². The summed E-state index contributed by atoms with van der Waals surface area (Å²) in [6.07, 6.45) is -4.66. The third-order valence-electron chi connectivity index (χ3n) is 6.35. The van der Waals surface area contributed by atoms with Crippen molar-refractivity contribution in [2.75, 3.05) is 9.62 Å². The van der Waals surface area contributed by atoms with Crippen molar-refractivity contribution in [2.45, 2.75) is 63.7 Å². The molecule has 0 saturated heterocycles. The summed E-state index contributed by atoms with van der Waals surface area (Å²) in [5.41, 5.74) is 1.08. The number of fused-ring (bicyclic) bond motifs is 2. The van der Waals surface area contributed by atoms with E-state index in [0.29, 0.717) is 5.56 Å². The van der Waals surface area contributed by atoms with Crippen LogP contribution in [0, 0.1) is 0 Å². The Labute approximate surface area is 220 Å². The molecule has 2 N–H and O–H groups in total. The number of nitrogens with one attached hydrogen (secondary N) is 2. The first-order chi connectivity index (χ1) is 17.6. The first-order valence-corrected chi connectivity index (χ1v) is 13.4. The molecule has 3 aromatic rings. The lowest BCUT2D eigenvalue weighted by Crippen LogP contribution is -2.31. The lowest BCUT2D eigenvalue weighted by atomic mass is 9.87. The van der Waals surface area contributed by atoms with Gasteiger partial charge in [-0.05, 0) is 53.8 Å². The van der Waals surface area contributed by atoms with Gasteiger partial charge in [-0.2, -0.15) is 13.2 Å². The second kappa shape index (κ2) is 9.61. The molecule has 0 fully saturated rings. The van der Waals surface area contributed by atoms with Gasteiger partial charge >= 0.3 is 6.18 Å². The average molecular weight is 547 g/mol. The van der Waals surface area contributed by atoms with Gasteiger partial charge in [0.2, 0.25) is 5.91 Å². The van der Waals surface area contributed by atoms with E-state index in [0.717, 1.165) is 15.9 Å². The van der Waals surface area contributed by atoms with Gasteiger partial charge in [-0.1, -0.05) is 45.0 Å². The van der Waals surface area contributed by atoms with Crippen LogP contribution in [-0.4, -0.2) is 19.3 Å². The summed E-state index contributed by atoms with van der Waals surface area (Å²) >= 11 is 0. The molecule has 1 aliphatic heterocycles. The fourth-order valence-corrected chi connectivity index (χ4v) is 5.69. The first-order valence-electron chi connectivity index (χ1n) is 12.0. The van der Waals surface area contributed by atoms with Gasteiger partial charge in [0.25, 0.3) is 10.0 Å². The van der Waals surface area contributed by atoms with Crippen LogP contribution in [0.3, 0.4) is 0 Å². The third-order valence-corrected chi connectivity index (χ3v) is 8.13. The highest BCUT2D eigenvalue weighted by Crippen LogP contribution is 2.41. The number of hydrogen-bond donors (Lipinski definition) is 2. The van der Waals surface area contributed by atoms with Gasteiger partial charge in [-0.25, -0.2) is 13.4 Å². The zero-order valence-electron chi connectivity index (χ0n) is 21.6. The number of carbonyl (C=O) groups is 1. The Kier molecular flexibility index (Phi) is 6.94. The largest absolute Gasteiger partial charge is 0.433 e. The SMILES string of the molecule is CC(=O)NC(C)c1ccc2c(c1)N(S(=O)(=O)c1ccc(C(C)(C)C)cc1)Cc1ccc(C(F)(F)F)nc1N2. The van der Waals surface area contributed by atoms with E-state index in [1.807, 2.05) is 20.8 Å². The van der Waals surface area contributed by atoms with Gasteiger partial charge < -0.3 is 10.6 Å². The van der Waals surface area contributed by atoms with E-state index < -0.39 is 27.9 Å². The molecule has 1 amide bonds. The van der Waals surface area contributed by atoms with E-state index in [-0.39, 0.29) is 45.5 Å². The molecule has 4 rings (SSSR count). The normalized spacial score (nSPS) is 14.6. The van der Waals surface area contributed by atoms with E-state index >= 15 is 0 Å². The fourth-order valence-electron chi connectivity index (χ4n) is 4.24.